The SMILES string of the molecule is O=C(Nc1ccccc1C(=O)N1CCCCC1)c1ccc(F)cc1Cl. The van der Waals surface area contributed by atoms with Gasteiger partial charge in [-0.05, 0) is 49.6 Å². The maximum absolute atomic E-state index is 13.1. The lowest BCUT2D eigenvalue weighted by Crippen LogP contribution is -2.36. The standard InChI is InChI=1S/C19H18ClFN2O2/c20-16-12-13(21)8-9-14(16)18(24)22-17-7-3-2-6-15(17)19(25)23-10-4-1-5-11-23/h2-3,6-9,12H,1,4-5,10-11H2,(H,22,24). The Hall–Kier alpha value is -2.40. The first-order chi connectivity index (χ1) is 12.1. The van der Waals surface area contributed by atoms with E-state index in [1.54, 1.807) is 29.2 Å². The van der Waals surface area contributed by atoms with Gasteiger partial charge < -0.3 is 10.2 Å². The summed E-state index contributed by atoms with van der Waals surface area (Å²) in [5.41, 5.74) is 1.02. The van der Waals surface area contributed by atoms with Gasteiger partial charge in [0.05, 0.1) is 21.8 Å². The Morgan fingerprint density at radius 2 is 1.72 bits per heavy atom. The van der Waals surface area contributed by atoms with E-state index in [9.17, 15) is 14.0 Å². The monoisotopic (exact) mass is 360 g/mol. The average molecular weight is 361 g/mol. The summed E-state index contributed by atoms with van der Waals surface area (Å²) in [6, 6.07) is 10.5. The van der Waals surface area contributed by atoms with Gasteiger partial charge in [-0.2, -0.15) is 0 Å². The lowest BCUT2D eigenvalue weighted by atomic mass is 10.1. The van der Waals surface area contributed by atoms with Gasteiger partial charge in [-0.1, -0.05) is 23.7 Å². The molecule has 6 heteroatoms. The van der Waals surface area contributed by atoms with Crippen LogP contribution in [-0.4, -0.2) is 29.8 Å². The molecule has 130 valence electrons. The molecule has 2 aromatic rings. The van der Waals surface area contributed by atoms with Crippen molar-refractivity contribution in [3.8, 4) is 0 Å². The molecule has 1 N–H and O–H groups in total. The zero-order valence-corrected chi connectivity index (χ0v) is 14.4. The average Bonchev–Trinajstić information content (AvgIpc) is 2.62. The predicted octanol–water partition coefficient (Wildman–Crippen LogP) is 4.36. The molecule has 1 fully saturated rings. The second-order valence-electron chi connectivity index (χ2n) is 5.98. The Morgan fingerprint density at radius 3 is 2.44 bits per heavy atom. The van der Waals surface area contributed by atoms with Crippen LogP contribution in [0.1, 0.15) is 40.0 Å². The van der Waals surface area contributed by atoms with Crippen LogP contribution in [0.15, 0.2) is 42.5 Å². The van der Waals surface area contributed by atoms with Crippen molar-refractivity contribution < 1.29 is 14.0 Å². The summed E-state index contributed by atoms with van der Waals surface area (Å²) in [6.07, 6.45) is 3.11. The van der Waals surface area contributed by atoms with Gasteiger partial charge in [0.1, 0.15) is 5.82 Å². The molecule has 1 heterocycles. The van der Waals surface area contributed by atoms with Crippen molar-refractivity contribution in [2.75, 3.05) is 18.4 Å². The van der Waals surface area contributed by atoms with Crippen molar-refractivity contribution in [2.45, 2.75) is 19.3 Å². The molecule has 0 bridgehead atoms. The second kappa shape index (κ2) is 7.66. The molecule has 2 amide bonds. The van der Waals surface area contributed by atoms with Crippen LogP contribution < -0.4 is 5.32 Å². The number of likely N-dealkylation sites (tertiary alicyclic amines) is 1. The zero-order chi connectivity index (χ0) is 17.8. The molecule has 0 aromatic heterocycles. The number of anilines is 1. The fourth-order valence-corrected chi connectivity index (χ4v) is 3.16. The van der Waals surface area contributed by atoms with Crippen molar-refractivity contribution in [1.29, 1.82) is 0 Å². The van der Waals surface area contributed by atoms with Crippen LogP contribution in [-0.2, 0) is 0 Å². The van der Waals surface area contributed by atoms with Gasteiger partial charge in [0.2, 0.25) is 0 Å². The van der Waals surface area contributed by atoms with Crippen LogP contribution in [0.3, 0.4) is 0 Å². The summed E-state index contributed by atoms with van der Waals surface area (Å²) in [4.78, 5) is 27.0. The number of nitrogens with zero attached hydrogens (tertiary/aromatic N) is 1. The van der Waals surface area contributed by atoms with Crippen molar-refractivity contribution in [3.05, 3.63) is 64.4 Å². The Labute approximate surface area is 150 Å². The molecule has 4 nitrogen and oxygen atoms in total. The lowest BCUT2D eigenvalue weighted by molar-refractivity contribution is 0.0725. The second-order valence-corrected chi connectivity index (χ2v) is 6.38. The molecule has 0 radical (unpaired) electrons. The summed E-state index contributed by atoms with van der Waals surface area (Å²) in [5, 5.41) is 2.74. The van der Waals surface area contributed by atoms with Crippen LogP contribution in [0.2, 0.25) is 5.02 Å². The minimum absolute atomic E-state index is 0.0253. The summed E-state index contributed by atoms with van der Waals surface area (Å²) >= 11 is 5.94. The van der Waals surface area contributed by atoms with Crippen LogP contribution in [0.25, 0.3) is 0 Å². The molecule has 0 aliphatic carbocycles. The van der Waals surface area contributed by atoms with E-state index in [0.29, 0.717) is 11.3 Å². The molecule has 25 heavy (non-hydrogen) atoms. The maximum Gasteiger partial charge on any atom is 0.257 e. The number of para-hydroxylation sites is 1. The highest BCUT2D eigenvalue weighted by Crippen LogP contribution is 2.23. The predicted molar refractivity (Wildman–Crippen MR) is 95.6 cm³/mol. The quantitative estimate of drug-likeness (QED) is 0.884. The summed E-state index contributed by atoms with van der Waals surface area (Å²) in [7, 11) is 0. The minimum Gasteiger partial charge on any atom is -0.339 e. The van der Waals surface area contributed by atoms with Gasteiger partial charge in [0.15, 0.2) is 0 Å². The minimum atomic E-state index is -0.512. The third-order valence-corrected chi connectivity index (χ3v) is 4.54. The first-order valence-electron chi connectivity index (χ1n) is 8.21. The van der Waals surface area contributed by atoms with Crippen LogP contribution >= 0.6 is 11.6 Å². The van der Waals surface area contributed by atoms with Crippen molar-refractivity contribution in [3.63, 3.8) is 0 Å². The smallest absolute Gasteiger partial charge is 0.257 e. The third kappa shape index (κ3) is 3.99. The normalized spacial score (nSPS) is 14.2. The number of piperidine rings is 1. The van der Waals surface area contributed by atoms with Gasteiger partial charge in [0, 0.05) is 13.1 Å². The van der Waals surface area contributed by atoms with E-state index in [2.05, 4.69) is 5.32 Å². The first kappa shape index (κ1) is 17.4. The number of rotatable bonds is 3. The van der Waals surface area contributed by atoms with Gasteiger partial charge in [-0.15, -0.1) is 0 Å². The highest BCUT2D eigenvalue weighted by atomic mass is 35.5. The van der Waals surface area contributed by atoms with E-state index < -0.39 is 11.7 Å². The van der Waals surface area contributed by atoms with E-state index in [4.69, 9.17) is 11.6 Å². The zero-order valence-electron chi connectivity index (χ0n) is 13.6. The molecule has 0 spiro atoms. The van der Waals surface area contributed by atoms with Crippen molar-refractivity contribution in [1.82, 2.24) is 4.90 Å². The highest BCUT2D eigenvalue weighted by Gasteiger charge is 2.22. The highest BCUT2D eigenvalue weighted by molar-refractivity contribution is 6.34. The topological polar surface area (TPSA) is 49.4 Å². The molecule has 0 unspecified atom stereocenters. The summed E-state index contributed by atoms with van der Waals surface area (Å²) in [6.45, 7) is 1.45. The number of nitrogens with one attached hydrogen (secondary N) is 1. The fourth-order valence-electron chi connectivity index (χ4n) is 2.91. The fraction of sp³-hybridized carbons (Fsp3) is 0.263. The van der Waals surface area contributed by atoms with Gasteiger partial charge in [0.25, 0.3) is 11.8 Å². The van der Waals surface area contributed by atoms with Crippen molar-refractivity contribution in [2.24, 2.45) is 0 Å². The van der Waals surface area contributed by atoms with Crippen LogP contribution in [0.5, 0.6) is 0 Å². The van der Waals surface area contributed by atoms with Gasteiger partial charge in [-0.3, -0.25) is 9.59 Å². The molecule has 3 rings (SSSR count). The number of carbonyl (C=O) groups excluding carboxylic acids is 2. The number of amides is 2. The van der Waals surface area contributed by atoms with E-state index >= 15 is 0 Å². The molecule has 1 saturated heterocycles. The number of benzene rings is 2. The largest absolute Gasteiger partial charge is 0.339 e. The van der Waals surface area contributed by atoms with E-state index in [0.717, 1.165) is 38.4 Å². The Morgan fingerprint density at radius 1 is 1.00 bits per heavy atom. The van der Waals surface area contributed by atoms with E-state index in [-0.39, 0.29) is 16.5 Å². The molecule has 0 saturated carbocycles. The molecule has 2 aromatic carbocycles. The maximum atomic E-state index is 13.1. The number of hydrogen-bond acceptors (Lipinski definition) is 2. The van der Waals surface area contributed by atoms with E-state index in [1.165, 1.54) is 12.1 Å². The van der Waals surface area contributed by atoms with Gasteiger partial charge >= 0.3 is 0 Å². The molecule has 0 atom stereocenters. The number of hydrogen-bond donors (Lipinski definition) is 1. The summed E-state index contributed by atoms with van der Waals surface area (Å²) in [5.74, 6) is -1.09. The Bertz CT molecular complexity index is 804. The summed E-state index contributed by atoms with van der Waals surface area (Å²) < 4.78 is 13.1. The Balaban J connectivity index is 1.83. The lowest BCUT2D eigenvalue weighted by Gasteiger charge is -2.27. The molecular formula is C19H18ClFN2O2. The molecule has 1 aliphatic rings. The van der Waals surface area contributed by atoms with E-state index in [1.807, 2.05) is 0 Å². The van der Waals surface area contributed by atoms with Crippen LogP contribution in [0.4, 0.5) is 10.1 Å². The first-order valence-corrected chi connectivity index (χ1v) is 8.59. The van der Waals surface area contributed by atoms with Crippen LogP contribution in [0, 0.1) is 5.82 Å². The number of halogens is 2. The molecular weight excluding hydrogens is 343 g/mol. The van der Waals surface area contributed by atoms with Crippen molar-refractivity contribution >= 4 is 29.1 Å². The Kier molecular flexibility index (Phi) is 5.34. The third-order valence-electron chi connectivity index (χ3n) is 4.22. The van der Waals surface area contributed by atoms with Gasteiger partial charge in [-0.25, -0.2) is 4.39 Å². The molecule has 1 aliphatic heterocycles. The number of carbonyl (C=O) groups is 2.